The monoisotopic (exact) mass is 306 g/mol. The number of thioether (sulfide) groups is 1. The summed E-state index contributed by atoms with van der Waals surface area (Å²) < 4.78 is 1.68. The summed E-state index contributed by atoms with van der Waals surface area (Å²) in [6.45, 7) is 0. The quantitative estimate of drug-likeness (QED) is 0.595. The number of fused-ring (bicyclic) bond motifs is 1. The zero-order valence-electron chi connectivity index (χ0n) is 10.6. The van der Waals surface area contributed by atoms with Crippen LogP contribution < -0.4 is 0 Å². The van der Waals surface area contributed by atoms with Gasteiger partial charge in [0.25, 0.3) is 0 Å². The Morgan fingerprint density at radius 2 is 2.00 bits per heavy atom. The molecule has 7 heteroatoms. The van der Waals surface area contributed by atoms with E-state index in [0.717, 1.165) is 15.9 Å². The number of rotatable bonds is 3. The van der Waals surface area contributed by atoms with Crippen LogP contribution in [0.4, 0.5) is 0 Å². The Kier molecular flexibility index (Phi) is 3.50. The van der Waals surface area contributed by atoms with Crippen LogP contribution in [0.3, 0.4) is 0 Å². The van der Waals surface area contributed by atoms with Gasteiger partial charge >= 0.3 is 0 Å². The number of halogens is 1. The molecular formula is C13H11ClN4OS. The summed E-state index contributed by atoms with van der Waals surface area (Å²) in [5.41, 5.74) is 0.728. The van der Waals surface area contributed by atoms with Gasteiger partial charge in [0.2, 0.25) is 0 Å². The van der Waals surface area contributed by atoms with Crippen molar-refractivity contribution in [3.05, 3.63) is 41.4 Å². The molecule has 0 saturated heterocycles. The molecule has 3 aromatic rings. The number of aromatic nitrogens is 4. The summed E-state index contributed by atoms with van der Waals surface area (Å²) in [4.78, 5) is 9.78. The van der Waals surface area contributed by atoms with Crippen molar-refractivity contribution < 1.29 is 5.11 Å². The molecule has 0 spiro atoms. The third-order valence-corrected chi connectivity index (χ3v) is 4.09. The average molecular weight is 307 g/mol. The second kappa shape index (κ2) is 5.30. The maximum Gasteiger partial charge on any atom is 0.162 e. The molecule has 1 aromatic carbocycles. The normalized spacial score (nSPS) is 11.1. The number of phenols is 1. The van der Waals surface area contributed by atoms with Crippen LogP contribution in [0.15, 0.2) is 35.4 Å². The van der Waals surface area contributed by atoms with E-state index in [1.807, 2.05) is 19.2 Å². The predicted molar refractivity (Wildman–Crippen MR) is 79.0 cm³/mol. The fourth-order valence-electron chi connectivity index (χ4n) is 1.78. The van der Waals surface area contributed by atoms with E-state index in [9.17, 15) is 5.11 Å². The van der Waals surface area contributed by atoms with Crippen molar-refractivity contribution in [1.82, 2.24) is 19.7 Å². The lowest BCUT2D eigenvalue weighted by atomic mass is 10.3. The molecule has 0 atom stereocenters. The van der Waals surface area contributed by atoms with Crippen LogP contribution >= 0.6 is 23.4 Å². The molecule has 2 aromatic heterocycles. The van der Waals surface area contributed by atoms with Crippen LogP contribution in [0.25, 0.3) is 11.0 Å². The van der Waals surface area contributed by atoms with E-state index < -0.39 is 0 Å². The highest BCUT2D eigenvalue weighted by molar-refractivity contribution is 7.98. The van der Waals surface area contributed by atoms with Gasteiger partial charge < -0.3 is 5.11 Å². The van der Waals surface area contributed by atoms with Gasteiger partial charge in [-0.1, -0.05) is 11.6 Å². The topological polar surface area (TPSA) is 63.8 Å². The minimum Gasteiger partial charge on any atom is -0.508 e. The Bertz CT molecular complexity index is 757. The van der Waals surface area contributed by atoms with Crippen LogP contribution in [0, 0.1) is 0 Å². The second-order valence-corrected chi connectivity index (χ2v) is 5.63. The first kappa shape index (κ1) is 13.2. The zero-order chi connectivity index (χ0) is 14.1. The van der Waals surface area contributed by atoms with Crippen LogP contribution in [0.1, 0.15) is 5.82 Å². The van der Waals surface area contributed by atoms with Gasteiger partial charge in [0.05, 0.1) is 17.3 Å². The third kappa shape index (κ3) is 2.57. The molecule has 5 nitrogen and oxygen atoms in total. The van der Waals surface area contributed by atoms with E-state index in [4.69, 9.17) is 11.6 Å². The summed E-state index contributed by atoms with van der Waals surface area (Å²) >= 11 is 7.71. The van der Waals surface area contributed by atoms with Gasteiger partial charge in [0.15, 0.2) is 5.65 Å². The second-order valence-electron chi connectivity index (χ2n) is 4.22. The first-order chi connectivity index (χ1) is 9.63. The van der Waals surface area contributed by atoms with Gasteiger partial charge in [0.1, 0.15) is 16.7 Å². The van der Waals surface area contributed by atoms with Gasteiger partial charge in [-0.2, -0.15) is 5.10 Å². The van der Waals surface area contributed by atoms with E-state index >= 15 is 0 Å². The lowest BCUT2D eigenvalue weighted by Gasteiger charge is -2.03. The van der Waals surface area contributed by atoms with Crippen molar-refractivity contribution in [3.8, 4) is 5.75 Å². The largest absolute Gasteiger partial charge is 0.508 e. The van der Waals surface area contributed by atoms with Crippen molar-refractivity contribution in [2.45, 2.75) is 10.6 Å². The third-order valence-electron chi connectivity index (χ3n) is 2.80. The molecule has 0 saturated carbocycles. The summed E-state index contributed by atoms with van der Waals surface area (Å²) in [5, 5.41) is 14.5. The molecule has 0 amide bonds. The van der Waals surface area contributed by atoms with E-state index in [0.29, 0.717) is 16.7 Å². The minimum atomic E-state index is 0.255. The maximum absolute atomic E-state index is 9.24. The Balaban J connectivity index is 1.83. The first-order valence-corrected chi connectivity index (χ1v) is 7.26. The number of hydrogen-bond acceptors (Lipinski definition) is 5. The Hall–Kier alpha value is -1.79. The average Bonchev–Trinajstić information content (AvgIpc) is 2.81. The highest BCUT2D eigenvalue weighted by Gasteiger charge is 2.10. The van der Waals surface area contributed by atoms with Crippen LogP contribution in [0.5, 0.6) is 5.75 Å². The van der Waals surface area contributed by atoms with Gasteiger partial charge in [-0.15, -0.1) is 11.8 Å². The number of phenolic OH excluding ortho intramolecular Hbond substituents is 1. The molecule has 0 aliphatic carbocycles. The highest BCUT2D eigenvalue weighted by atomic mass is 35.5. The minimum absolute atomic E-state index is 0.255. The van der Waals surface area contributed by atoms with Crippen molar-refractivity contribution >= 4 is 34.4 Å². The standard InChI is InChI=1S/C13H11ClN4OS/c1-18-13-10(6-15-18)12(14)16-11(17-13)7-20-9-4-2-8(19)3-5-9/h2-6,19H,7H2,1H3. The molecule has 0 fully saturated rings. The van der Waals surface area contributed by atoms with Gasteiger partial charge in [0, 0.05) is 11.9 Å². The number of aromatic hydroxyl groups is 1. The molecule has 0 unspecified atom stereocenters. The molecule has 0 aliphatic rings. The lowest BCUT2D eigenvalue weighted by molar-refractivity contribution is 0.475. The van der Waals surface area contributed by atoms with E-state index in [1.165, 1.54) is 0 Å². The van der Waals surface area contributed by atoms with Gasteiger partial charge in [-0.05, 0) is 24.3 Å². The molecule has 0 radical (unpaired) electrons. The Morgan fingerprint density at radius 1 is 1.25 bits per heavy atom. The van der Waals surface area contributed by atoms with Gasteiger partial charge in [-0.3, -0.25) is 4.68 Å². The summed E-state index contributed by atoms with van der Waals surface area (Å²) in [5.74, 6) is 1.51. The number of benzene rings is 1. The highest BCUT2D eigenvalue weighted by Crippen LogP contribution is 2.25. The molecule has 102 valence electrons. The van der Waals surface area contributed by atoms with Crippen molar-refractivity contribution in [1.29, 1.82) is 0 Å². The van der Waals surface area contributed by atoms with E-state index in [1.54, 1.807) is 34.8 Å². The number of hydrogen-bond donors (Lipinski definition) is 1. The molecule has 2 heterocycles. The maximum atomic E-state index is 9.24. The molecule has 3 rings (SSSR count). The molecule has 20 heavy (non-hydrogen) atoms. The number of nitrogens with zero attached hydrogens (tertiary/aromatic N) is 4. The zero-order valence-corrected chi connectivity index (χ0v) is 12.2. The fraction of sp³-hybridized carbons (Fsp3) is 0.154. The lowest BCUT2D eigenvalue weighted by Crippen LogP contribution is -1.98. The first-order valence-electron chi connectivity index (χ1n) is 5.89. The number of aryl methyl sites for hydroxylation is 1. The van der Waals surface area contributed by atoms with Crippen molar-refractivity contribution in [3.63, 3.8) is 0 Å². The summed E-state index contributed by atoms with van der Waals surface area (Å²) in [6, 6.07) is 7.01. The summed E-state index contributed by atoms with van der Waals surface area (Å²) in [7, 11) is 1.82. The molecular weight excluding hydrogens is 296 g/mol. The SMILES string of the molecule is Cn1ncc2c(Cl)nc(CSc3ccc(O)cc3)nc21. The molecule has 0 bridgehead atoms. The molecule has 1 N–H and O–H groups in total. The van der Waals surface area contributed by atoms with Crippen LogP contribution in [-0.4, -0.2) is 24.9 Å². The Morgan fingerprint density at radius 3 is 2.75 bits per heavy atom. The van der Waals surface area contributed by atoms with Crippen molar-refractivity contribution in [2.75, 3.05) is 0 Å². The predicted octanol–water partition coefficient (Wildman–Crippen LogP) is 3.01. The smallest absolute Gasteiger partial charge is 0.162 e. The summed E-state index contributed by atoms with van der Waals surface area (Å²) in [6.07, 6.45) is 1.66. The van der Waals surface area contributed by atoms with E-state index in [2.05, 4.69) is 15.1 Å². The van der Waals surface area contributed by atoms with Crippen molar-refractivity contribution in [2.24, 2.45) is 7.05 Å². The van der Waals surface area contributed by atoms with Crippen LogP contribution in [-0.2, 0) is 12.8 Å². The Labute approximate surface area is 124 Å². The fourth-order valence-corrected chi connectivity index (χ4v) is 2.77. The van der Waals surface area contributed by atoms with Gasteiger partial charge in [-0.25, -0.2) is 9.97 Å². The van der Waals surface area contributed by atoms with E-state index in [-0.39, 0.29) is 5.75 Å². The molecule has 0 aliphatic heterocycles. The van der Waals surface area contributed by atoms with Crippen LogP contribution in [0.2, 0.25) is 5.15 Å².